The van der Waals surface area contributed by atoms with Crippen LogP contribution < -0.4 is 10.5 Å². The number of ketones is 1. The van der Waals surface area contributed by atoms with E-state index in [1.807, 2.05) is 0 Å². The molecule has 0 unspecified atom stereocenters. The SMILES string of the molecule is CCOC(=O)CC(=O)COc1cccc(C(N)=O)c1. The molecule has 0 aromatic heterocycles. The number of nitrogens with two attached hydrogens (primary N) is 1. The summed E-state index contributed by atoms with van der Waals surface area (Å²) < 4.78 is 9.81. The summed E-state index contributed by atoms with van der Waals surface area (Å²) in [7, 11) is 0. The molecule has 1 amide bonds. The lowest BCUT2D eigenvalue weighted by molar-refractivity contribution is -0.145. The third-order valence-corrected chi connectivity index (χ3v) is 2.17. The van der Waals surface area contributed by atoms with Gasteiger partial charge in [-0.05, 0) is 25.1 Å². The molecule has 0 aliphatic carbocycles. The van der Waals surface area contributed by atoms with Gasteiger partial charge in [-0.1, -0.05) is 6.07 Å². The zero-order valence-electron chi connectivity index (χ0n) is 10.5. The van der Waals surface area contributed by atoms with Gasteiger partial charge in [0.25, 0.3) is 0 Å². The van der Waals surface area contributed by atoms with E-state index in [-0.39, 0.29) is 25.2 Å². The highest BCUT2D eigenvalue weighted by Gasteiger charge is 2.11. The Morgan fingerprint density at radius 2 is 2.00 bits per heavy atom. The van der Waals surface area contributed by atoms with Crippen LogP contribution in [0.1, 0.15) is 23.7 Å². The summed E-state index contributed by atoms with van der Waals surface area (Å²) >= 11 is 0. The number of benzene rings is 1. The van der Waals surface area contributed by atoms with E-state index >= 15 is 0 Å². The summed E-state index contributed by atoms with van der Waals surface area (Å²) in [5.74, 6) is -1.22. The summed E-state index contributed by atoms with van der Waals surface area (Å²) in [4.78, 5) is 33.4. The van der Waals surface area contributed by atoms with Gasteiger partial charge in [0.05, 0.1) is 6.61 Å². The number of primary amides is 1. The molecule has 0 spiro atoms. The van der Waals surface area contributed by atoms with Gasteiger partial charge < -0.3 is 15.2 Å². The molecule has 2 N–H and O–H groups in total. The summed E-state index contributed by atoms with van der Waals surface area (Å²) in [6.45, 7) is 1.63. The highest BCUT2D eigenvalue weighted by Crippen LogP contribution is 2.12. The summed E-state index contributed by atoms with van der Waals surface area (Å²) in [6.07, 6.45) is -0.330. The highest BCUT2D eigenvalue weighted by molar-refractivity contribution is 5.96. The zero-order chi connectivity index (χ0) is 14.3. The number of ether oxygens (including phenoxy) is 2. The van der Waals surface area contributed by atoms with Crippen LogP contribution in [0.15, 0.2) is 24.3 Å². The number of rotatable bonds is 7. The molecule has 6 heteroatoms. The zero-order valence-corrected chi connectivity index (χ0v) is 10.5. The molecule has 1 aromatic rings. The second kappa shape index (κ2) is 7.15. The molecule has 0 heterocycles. The van der Waals surface area contributed by atoms with Gasteiger partial charge in [-0.15, -0.1) is 0 Å². The van der Waals surface area contributed by atoms with Crippen molar-refractivity contribution in [3.63, 3.8) is 0 Å². The minimum Gasteiger partial charge on any atom is -0.486 e. The van der Waals surface area contributed by atoms with Crippen molar-refractivity contribution in [3.05, 3.63) is 29.8 Å². The van der Waals surface area contributed by atoms with Crippen LogP contribution in [0.5, 0.6) is 5.75 Å². The second-order valence-corrected chi connectivity index (χ2v) is 3.70. The largest absolute Gasteiger partial charge is 0.486 e. The Labute approximate surface area is 110 Å². The van der Waals surface area contributed by atoms with Gasteiger partial charge in [0, 0.05) is 5.56 Å². The first kappa shape index (κ1) is 14.7. The number of esters is 1. The molecule has 1 rings (SSSR count). The minimum atomic E-state index is -0.581. The lowest BCUT2D eigenvalue weighted by atomic mass is 10.2. The lowest BCUT2D eigenvalue weighted by Gasteiger charge is -2.06. The van der Waals surface area contributed by atoms with Gasteiger partial charge in [0.15, 0.2) is 5.78 Å². The van der Waals surface area contributed by atoms with Crippen molar-refractivity contribution in [1.82, 2.24) is 0 Å². The quantitative estimate of drug-likeness (QED) is 0.578. The van der Waals surface area contributed by atoms with Crippen LogP contribution in [0, 0.1) is 0 Å². The Morgan fingerprint density at radius 1 is 1.26 bits per heavy atom. The molecule has 6 nitrogen and oxygen atoms in total. The number of Topliss-reactive ketones (excluding diaryl/α,β-unsaturated/α-hetero) is 1. The van der Waals surface area contributed by atoms with Gasteiger partial charge in [-0.25, -0.2) is 0 Å². The van der Waals surface area contributed by atoms with Crippen LogP contribution in [-0.2, 0) is 14.3 Å². The van der Waals surface area contributed by atoms with Gasteiger partial charge in [0.2, 0.25) is 5.91 Å². The van der Waals surface area contributed by atoms with Crippen molar-refractivity contribution in [3.8, 4) is 5.75 Å². The van der Waals surface area contributed by atoms with E-state index in [2.05, 4.69) is 4.74 Å². The average Bonchev–Trinajstić information content (AvgIpc) is 2.37. The van der Waals surface area contributed by atoms with Crippen LogP contribution in [0.3, 0.4) is 0 Å². The van der Waals surface area contributed by atoms with Crippen LogP contribution >= 0.6 is 0 Å². The van der Waals surface area contributed by atoms with E-state index in [1.54, 1.807) is 19.1 Å². The van der Waals surface area contributed by atoms with Crippen molar-refractivity contribution in [2.24, 2.45) is 5.73 Å². The van der Waals surface area contributed by atoms with Crippen LogP contribution in [0.2, 0.25) is 0 Å². The van der Waals surface area contributed by atoms with E-state index in [9.17, 15) is 14.4 Å². The number of hydrogen-bond donors (Lipinski definition) is 1. The third-order valence-electron chi connectivity index (χ3n) is 2.17. The molecule has 19 heavy (non-hydrogen) atoms. The van der Waals surface area contributed by atoms with E-state index in [1.165, 1.54) is 12.1 Å². The van der Waals surface area contributed by atoms with Crippen molar-refractivity contribution in [2.75, 3.05) is 13.2 Å². The van der Waals surface area contributed by atoms with Crippen LogP contribution in [0.25, 0.3) is 0 Å². The van der Waals surface area contributed by atoms with Crippen molar-refractivity contribution < 1.29 is 23.9 Å². The average molecular weight is 265 g/mol. The van der Waals surface area contributed by atoms with E-state index in [0.29, 0.717) is 5.75 Å². The molecule has 0 bridgehead atoms. The molecule has 0 aliphatic heterocycles. The molecule has 0 atom stereocenters. The fourth-order valence-electron chi connectivity index (χ4n) is 1.33. The molecule has 0 saturated heterocycles. The first-order valence-corrected chi connectivity index (χ1v) is 5.73. The van der Waals surface area contributed by atoms with Crippen LogP contribution in [0.4, 0.5) is 0 Å². The van der Waals surface area contributed by atoms with E-state index in [4.69, 9.17) is 10.5 Å². The molecule has 0 aliphatic rings. The maximum Gasteiger partial charge on any atom is 0.313 e. The number of amides is 1. The Kier molecular flexibility index (Phi) is 5.53. The second-order valence-electron chi connectivity index (χ2n) is 3.70. The van der Waals surface area contributed by atoms with Crippen molar-refractivity contribution in [2.45, 2.75) is 13.3 Å². The van der Waals surface area contributed by atoms with E-state index < -0.39 is 17.7 Å². The fourth-order valence-corrected chi connectivity index (χ4v) is 1.33. The first-order valence-electron chi connectivity index (χ1n) is 5.73. The normalized spacial score (nSPS) is 9.74. The van der Waals surface area contributed by atoms with E-state index in [0.717, 1.165) is 0 Å². The molecule has 1 aromatic carbocycles. The molecular weight excluding hydrogens is 250 g/mol. The van der Waals surface area contributed by atoms with Gasteiger partial charge in [-0.3, -0.25) is 14.4 Å². The fraction of sp³-hybridized carbons (Fsp3) is 0.308. The predicted molar refractivity (Wildman–Crippen MR) is 66.7 cm³/mol. The Hall–Kier alpha value is -2.37. The number of hydrogen-bond acceptors (Lipinski definition) is 5. The van der Waals surface area contributed by atoms with Gasteiger partial charge in [0.1, 0.15) is 18.8 Å². The van der Waals surface area contributed by atoms with Gasteiger partial charge >= 0.3 is 5.97 Å². The summed E-state index contributed by atoms with van der Waals surface area (Å²) in [5, 5.41) is 0. The number of carbonyl (C=O) groups is 3. The third kappa shape index (κ3) is 5.20. The minimum absolute atomic E-state index is 0.230. The monoisotopic (exact) mass is 265 g/mol. The Bertz CT molecular complexity index is 484. The highest BCUT2D eigenvalue weighted by atomic mass is 16.5. The molecular formula is C13H15NO5. The maximum atomic E-state index is 11.4. The molecule has 0 fully saturated rings. The maximum absolute atomic E-state index is 11.4. The van der Waals surface area contributed by atoms with Gasteiger partial charge in [-0.2, -0.15) is 0 Å². The van der Waals surface area contributed by atoms with Crippen molar-refractivity contribution in [1.29, 1.82) is 0 Å². The predicted octanol–water partition coefficient (Wildman–Crippen LogP) is 0.687. The smallest absolute Gasteiger partial charge is 0.313 e. The standard InChI is InChI=1S/C13H15NO5/c1-2-18-12(16)7-10(15)8-19-11-5-3-4-9(6-11)13(14)17/h3-6H,2,7-8H2,1H3,(H2,14,17). The molecule has 102 valence electrons. The molecule has 0 radical (unpaired) electrons. The summed E-state index contributed by atoms with van der Waals surface area (Å²) in [5.41, 5.74) is 5.40. The molecule has 0 saturated carbocycles. The van der Waals surface area contributed by atoms with Crippen molar-refractivity contribution >= 4 is 17.7 Å². The van der Waals surface area contributed by atoms with Crippen LogP contribution in [-0.4, -0.2) is 30.9 Å². The topological polar surface area (TPSA) is 95.7 Å². The summed E-state index contributed by atoms with van der Waals surface area (Å²) in [6, 6.07) is 6.14. The Morgan fingerprint density at radius 3 is 2.63 bits per heavy atom. The lowest BCUT2D eigenvalue weighted by Crippen LogP contribution is -2.17. The first-order chi connectivity index (χ1) is 9.02. The Balaban J connectivity index is 2.48. The number of carbonyl (C=O) groups excluding carboxylic acids is 3.